The summed E-state index contributed by atoms with van der Waals surface area (Å²) in [6.07, 6.45) is 2.41. The molecule has 11 rings (SSSR count). The summed E-state index contributed by atoms with van der Waals surface area (Å²) in [5.74, 6) is 1.40. The Morgan fingerprint density at radius 1 is 0.699 bits per heavy atom. The van der Waals surface area contributed by atoms with Gasteiger partial charge in [0, 0.05) is 19.6 Å². The molecular weight excluding hydrogens is 957 g/mol. The second-order valence-electron chi connectivity index (χ2n) is 20.4. The minimum Gasteiger partial charge on any atom is -0.445 e. The van der Waals surface area contributed by atoms with Gasteiger partial charge in [0.1, 0.15) is 45.1 Å². The fraction of sp³-hybridized carbons (Fsp3) is 0.368. The molecule has 4 amide bonds. The number of hydrogen-bond donors (Lipinski definition) is 4. The fourth-order valence-corrected chi connectivity index (χ4v) is 13.6. The second kappa shape index (κ2) is 19.9. The van der Waals surface area contributed by atoms with E-state index in [2.05, 4.69) is 75.2 Å². The summed E-state index contributed by atoms with van der Waals surface area (Å²) in [7, 11) is 0. The van der Waals surface area contributed by atoms with Crippen LogP contribution in [0.1, 0.15) is 82.2 Å². The topological polar surface area (TPSA) is 175 Å². The van der Waals surface area contributed by atoms with Crippen molar-refractivity contribution in [1.29, 1.82) is 0 Å². The highest BCUT2D eigenvalue weighted by atomic mass is 32.2. The Morgan fingerprint density at radius 3 is 1.92 bits per heavy atom. The van der Waals surface area contributed by atoms with E-state index in [4.69, 9.17) is 19.4 Å². The molecule has 16 heteroatoms. The smallest absolute Gasteiger partial charge is 0.408 e. The Labute approximate surface area is 433 Å². The lowest BCUT2D eigenvalue weighted by Gasteiger charge is -2.33. The van der Waals surface area contributed by atoms with Crippen LogP contribution >= 0.6 is 23.5 Å². The first-order valence-corrected chi connectivity index (χ1v) is 27.2. The number of thioether (sulfide) groups is 2. The molecule has 0 spiro atoms. The van der Waals surface area contributed by atoms with E-state index < -0.39 is 22.3 Å². The number of likely N-dealkylation sites (tertiary alicyclic amines) is 2. The van der Waals surface area contributed by atoms with Crippen molar-refractivity contribution in [3.05, 3.63) is 144 Å². The van der Waals surface area contributed by atoms with Gasteiger partial charge in [-0.1, -0.05) is 125 Å². The van der Waals surface area contributed by atoms with Gasteiger partial charge in [-0.3, -0.25) is 9.59 Å². The molecule has 4 aliphatic rings. The van der Waals surface area contributed by atoms with E-state index in [0.29, 0.717) is 13.1 Å². The molecule has 6 atom stereocenters. The SMILES string of the molecule is CC(C)C(CNC(=O)OCc1ccccc1)C(=O)N1CCCC2(c3nc4ccc(-c5ccc(-c6ccc7nc(C8CCCN8C(=O)C8SC8(NC(=O)OCc8ccccc8)C(C)C)[nH]c7c6)cc5)cc4[nH]3)SC12. The van der Waals surface area contributed by atoms with Crippen LogP contribution in [0.25, 0.3) is 44.3 Å². The Balaban J connectivity index is 0.724. The normalized spacial score (nSPS) is 22.6. The van der Waals surface area contributed by atoms with Crippen LogP contribution in [-0.4, -0.2) is 88.9 Å². The number of nitrogens with one attached hydrogen (secondary N) is 4. The number of fused-ring (bicyclic) bond motifs is 3. The van der Waals surface area contributed by atoms with E-state index in [1.54, 1.807) is 11.8 Å². The number of amides is 4. The van der Waals surface area contributed by atoms with Crippen molar-refractivity contribution in [1.82, 2.24) is 40.4 Å². The average Bonchev–Trinajstić information content (AvgIpc) is 4.08. The van der Waals surface area contributed by atoms with Crippen molar-refractivity contribution in [3.63, 3.8) is 0 Å². The summed E-state index contributed by atoms with van der Waals surface area (Å²) in [6.45, 7) is 9.95. The number of ether oxygens (including phenoxy) is 2. The molecule has 7 aromatic rings. The maximum absolute atomic E-state index is 14.2. The molecule has 6 unspecified atom stereocenters. The molecule has 14 nitrogen and oxygen atoms in total. The lowest BCUT2D eigenvalue weighted by Crippen LogP contribution is -2.48. The molecule has 0 saturated carbocycles. The standard InChI is InChI=1S/C57H60N8O6S2/c1-34(2)42(31-58-54(68)70-32-36-13-7-5-8-14-36)50(66)65-28-12-26-56(53(65)73-56)52-61-44-25-23-41(30-46(44)62-52)39-20-18-38(19-21-39)40-22-24-43-45(29-40)60-49(59-43)47-17-11-27-64(47)51(67)48-57(72-48,35(3)4)63-55(69)71-33-37-15-9-6-10-16-37/h5-10,13-16,18-25,29-30,34-35,42,47-48,53H,11-12,17,26-28,31-33H2,1-4H3,(H,58,68)(H,59,60)(H,61,62)(H,63,69). The first-order chi connectivity index (χ1) is 35.4. The molecule has 73 heavy (non-hydrogen) atoms. The molecule has 0 bridgehead atoms. The Kier molecular flexibility index (Phi) is 13.2. The third-order valence-electron chi connectivity index (χ3n) is 15.0. The first-order valence-electron chi connectivity index (χ1n) is 25.4. The maximum Gasteiger partial charge on any atom is 0.408 e. The zero-order chi connectivity index (χ0) is 50.4. The number of aromatic amines is 2. The zero-order valence-electron chi connectivity index (χ0n) is 41.4. The predicted octanol–water partition coefficient (Wildman–Crippen LogP) is 10.9. The minimum absolute atomic E-state index is 0.0132. The van der Waals surface area contributed by atoms with Crippen molar-refractivity contribution in [3.8, 4) is 22.3 Å². The lowest BCUT2D eigenvalue weighted by molar-refractivity contribution is -0.138. The van der Waals surface area contributed by atoms with Gasteiger partial charge in [0.05, 0.1) is 34.0 Å². The highest BCUT2D eigenvalue weighted by molar-refractivity contribution is 8.09. The van der Waals surface area contributed by atoms with Crippen LogP contribution in [0.5, 0.6) is 0 Å². The minimum atomic E-state index is -0.727. The van der Waals surface area contributed by atoms with E-state index in [-0.39, 0.29) is 65.5 Å². The summed E-state index contributed by atoms with van der Waals surface area (Å²) in [6, 6.07) is 40.0. The predicted molar refractivity (Wildman–Crippen MR) is 286 cm³/mol. The van der Waals surface area contributed by atoms with Gasteiger partial charge in [-0.25, -0.2) is 19.6 Å². The molecule has 376 valence electrons. The lowest BCUT2D eigenvalue weighted by atomic mass is 9.91. The Morgan fingerprint density at radius 2 is 1.29 bits per heavy atom. The number of H-pyrrole nitrogens is 2. The number of benzene rings is 5. The number of rotatable bonds is 15. The van der Waals surface area contributed by atoms with E-state index in [1.807, 2.05) is 104 Å². The number of aromatic nitrogens is 4. The number of nitrogens with zero attached hydrogens (tertiary/aromatic N) is 4. The molecule has 0 aliphatic carbocycles. The van der Waals surface area contributed by atoms with Crippen LogP contribution < -0.4 is 10.6 Å². The van der Waals surface area contributed by atoms with Gasteiger partial charge in [0.2, 0.25) is 11.8 Å². The number of imidazole rings is 2. The molecule has 4 saturated heterocycles. The highest BCUT2D eigenvalue weighted by Crippen LogP contribution is 2.66. The summed E-state index contributed by atoms with van der Waals surface area (Å²) in [4.78, 5) is 74.4. The summed E-state index contributed by atoms with van der Waals surface area (Å²) in [5.41, 5.74) is 9.67. The number of carbonyl (C=O) groups is 4. The van der Waals surface area contributed by atoms with Crippen molar-refractivity contribution in [2.24, 2.45) is 17.8 Å². The van der Waals surface area contributed by atoms with Crippen LogP contribution in [-0.2, 0) is 37.0 Å². The monoisotopic (exact) mass is 1020 g/mol. The van der Waals surface area contributed by atoms with E-state index >= 15 is 0 Å². The van der Waals surface area contributed by atoms with E-state index in [1.165, 1.54) is 11.8 Å². The third kappa shape index (κ3) is 9.67. The fourth-order valence-electron chi connectivity index (χ4n) is 10.7. The van der Waals surface area contributed by atoms with Crippen molar-refractivity contribution < 1.29 is 28.7 Å². The van der Waals surface area contributed by atoms with Gasteiger partial charge < -0.3 is 39.9 Å². The number of carbonyl (C=O) groups excluding carboxylic acids is 4. The molecule has 0 radical (unpaired) electrons. The van der Waals surface area contributed by atoms with Crippen LogP contribution in [0.4, 0.5) is 9.59 Å². The molecule has 4 aliphatic heterocycles. The Hall–Kier alpha value is -6.78. The quantitative estimate of drug-likeness (QED) is 0.0724. The summed E-state index contributed by atoms with van der Waals surface area (Å²) < 4.78 is 10.7. The van der Waals surface area contributed by atoms with Crippen LogP contribution in [0.2, 0.25) is 0 Å². The van der Waals surface area contributed by atoms with Crippen LogP contribution in [0.15, 0.2) is 121 Å². The number of alkyl carbamates (subject to hydrolysis) is 2. The molecule has 4 N–H and O–H groups in total. The van der Waals surface area contributed by atoms with Crippen molar-refractivity contribution in [2.75, 3.05) is 19.6 Å². The second-order valence-corrected chi connectivity index (χ2v) is 23.2. The van der Waals surface area contributed by atoms with Crippen molar-refractivity contribution in [2.45, 2.75) is 92.9 Å². The highest BCUT2D eigenvalue weighted by Gasteiger charge is 2.65. The van der Waals surface area contributed by atoms with Crippen molar-refractivity contribution >= 4 is 69.6 Å². The summed E-state index contributed by atoms with van der Waals surface area (Å²) >= 11 is 3.28. The largest absolute Gasteiger partial charge is 0.445 e. The zero-order valence-corrected chi connectivity index (χ0v) is 43.1. The third-order valence-corrected chi connectivity index (χ3v) is 18.4. The summed E-state index contributed by atoms with van der Waals surface area (Å²) in [5, 5.41) is 5.47. The van der Waals surface area contributed by atoms with E-state index in [0.717, 1.165) is 92.8 Å². The van der Waals surface area contributed by atoms with Gasteiger partial charge in [0.25, 0.3) is 0 Å². The van der Waals surface area contributed by atoms with Gasteiger partial charge >= 0.3 is 12.2 Å². The van der Waals surface area contributed by atoms with Gasteiger partial charge in [0.15, 0.2) is 0 Å². The van der Waals surface area contributed by atoms with E-state index in [9.17, 15) is 19.2 Å². The van der Waals surface area contributed by atoms with Gasteiger partial charge in [-0.05, 0) is 95.2 Å². The molecule has 4 fully saturated rings. The Bertz CT molecular complexity index is 3180. The number of hydrogen-bond acceptors (Lipinski definition) is 10. The van der Waals surface area contributed by atoms with Crippen LogP contribution in [0.3, 0.4) is 0 Å². The molecular formula is C57H60N8O6S2. The molecule has 6 heterocycles. The number of piperidine rings is 1. The average molecular weight is 1020 g/mol. The maximum atomic E-state index is 14.2. The van der Waals surface area contributed by atoms with Crippen LogP contribution in [0, 0.1) is 17.8 Å². The van der Waals surface area contributed by atoms with Gasteiger partial charge in [-0.15, -0.1) is 23.5 Å². The van der Waals surface area contributed by atoms with Gasteiger partial charge in [-0.2, -0.15) is 0 Å². The molecule has 2 aromatic heterocycles. The first kappa shape index (κ1) is 48.5. The molecule has 5 aromatic carbocycles.